The number of amides is 1. The van der Waals surface area contributed by atoms with Gasteiger partial charge in [0.1, 0.15) is 0 Å². The zero-order chi connectivity index (χ0) is 19.7. The summed E-state index contributed by atoms with van der Waals surface area (Å²) in [5.74, 6) is -0.237. The predicted octanol–water partition coefficient (Wildman–Crippen LogP) is 3.77. The van der Waals surface area contributed by atoms with Crippen molar-refractivity contribution < 1.29 is 13.2 Å². The molecule has 0 radical (unpaired) electrons. The Hall–Kier alpha value is -2.70. The van der Waals surface area contributed by atoms with Crippen molar-refractivity contribution in [1.82, 2.24) is 10.0 Å². The topological polar surface area (TPSA) is 75.3 Å². The minimum absolute atomic E-state index is 0.0505. The molecule has 0 bridgehead atoms. The molecule has 3 aromatic carbocycles. The van der Waals surface area contributed by atoms with Gasteiger partial charge < -0.3 is 5.32 Å². The van der Waals surface area contributed by atoms with Crippen molar-refractivity contribution in [3.05, 3.63) is 77.9 Å². The molecule has 4 rings (SSSR count). The molecular weight excluding hydrogens is 372 g/mol. The molecule has 1 aliphatic carbocycles. The van der Waals surface area contributed by atoms with E-state index < -0.39 is 10.0 Å². The lowest BCUT2D eigenvalue weighted by atomic mass is 9.99. The van der Waals surface area contributed by atoms with E-state index in [4.69, 9.17) is 0 Å². The summed E-state index contributed by atoms with van der Waals surface area (Å²) in [5, 5.41) is 5.23. The fraction of sp³-hybridized carbons (Fsp3) is 0.227. The number of carbonyl (C=O) groups is 1. The highest BCUT2D eigenvalue weighted by molar-refractivity contribution is 7.89. The maximum atomic E-state index is 12.6. The summed E-state index contributed by atoms with van der Waals surface area (Å²) in [5.41, 5.74) is 1.47. The minimum Gasteiger partial charge on any atom is -0.345 e. The van der Waals surface area contributed by atoms with Crippen LogP contribution in [0.25, 0.3) is 10.8 Å². The first-order valence-corrected chi connectivity index (χ1v) is 10.8. The third-order valence-electron chi connectivity index (χ3n) is 4.96. The van der Waals surface area contributed by atoms with Gasteiger partial charge in [-0.25, -0.2) is 13.1 Å². The monoisotopic (exact) mass is 394 g/mol. The van der Waals surface area contributed by atoms with Crippen molar-refractivity contribution in [2.24, 2.45) is 0 Å². The van der Waals surface area contributed by atoms with Gasteiger partial charge in [-0.3, -0.25) is 4.79 Å². The van der Waals surface area contributed by atoms with Gasteiger partial charge in [-0.05, 0) is 60.4 Å². The second-order valence-electron chi connectivity index (χ2n) is 7.18. The van der Waals surface area contributed by atoms with E-state index in [2.05, 4.69) is 10.0 Å². The zero-order valence-corrected chi connectivity index (χ0v) is 16.4. The highest BCUT2D eigenvalue weighted by Crippen LogP contribution is 2.25. The van der Waals surface area contributed by atoms with E-state index in [9.17, 15) is 13.2 Å². The van der Waals surface area contributed by atoms with E-state index in [1.807, 2.05) is 49.4 Å². The predicted molar refractivity (Wildman–Crippen MR) is 110 cm³/mol. The lowest BCUT2D eigenvalue weighted by Crippen LogP contribution is -2.27. The molecule has 0 spiro atoms. The normalized spacial score (nSPS) is 15.3. The number of hydrogen-bond donors (Lipinski definition) is 2. The summed E-state index contributed by atoms with van der Waals surface area (Å²) >= 11 is 0. The van der Waals surface area contributed by atoms with E-state index in [1.54, 1.807) is 12.1 Å². The molecule has 0 aliphatic heterocycles. The Kier molecular flexibility index (Phi) is 4.91. The fourth-order valence-electron chi connectivity index (χ4n) is 3.26. The number of carbonyl (C=O) groups excluding carboxylic acids is 1. The molecule has 1 unspecified atom stereocenters. The van der Waals surface area contributed by atoms with Gasteiger partial charge in [-0.1, -0.05) is 42.5 Å². The van der Waals surface area contributed by atoms with Crippen LogP contribution in [0.4, 0.5) is 0 Å². The van der Waals surface area contributed by atoms with E-state index in [0.717, 1.165) is 29.2 Å². The molecule has 1 saturated carbocycles. The maximum absolute atomic E-state index is 12.6. The quantitative estimate of drug-likeness (QED) is 0.668. The molecule has 1 atom stereocenters. The summed E-state index contributed by atoms with van der Waals surface area (Å²) in [4.78, 5) is 12.8. The summed E-state index contributed by atoms with van der Waals surface area (Å²) in [7, 11) is -3.51. The third kappa shape index (κ3) is 3.93. The average Bonchev–Trinajstić information content (AvgIpc) is 3.51. The summed E-state index contributed by atoms with van der Waals surface area (Å²) in [6.07, 6.45) is 1.76. The molecule has 2 N–H and O–H groups in total. The van der Waals surface area contributed by atoms with Crippen LogP contribution in [-0.2, 0) is 10.0 Å². The van der Waals surface area contributed by atoms with Gasteiger partial charge in [0, 0.05) is 11.6 Å². The highest BCUT2D eigenvalue weighted by Gasteiger charge is 2.28. The van der Waals surface area contributed by atoms with E-state index in [1.165, 1.54) is 12.1 Å². The molecule has 1 amide bonds. The number of fused-ring (bicyclic) bond motifs is 1. The Morgan fingerprint density at radius 2 is 1.64 bits per heavy atom. The standard InChI is InChI=1S/C22H22N2O3S/c1-15(20-8-4-6-16-5-2-3-7-21(16)20)23-22(25)17-9-13-19(14-10-17)28(26,27)24-18-11-12-18/h2-10,13-15,18,24H,11-12H2,1H3,(H,23,25). The molecule has 1 aliphatic rings. The van der Waals surface area contributed by atoms with Gasteiger partial charge in [0.05, 0.1) is 10.9 Å². The van der Waals surface area contributed by atoms with Gasteiger partial charge in [-0.15, -0.1) is 0 Å². The van der Waals surface area contributed by atoms with Gasteiger partial charge >= 0.3 is 0 Å². The van der Waals surface area contributed by atoms with Crippen LogP contribution in [-0.4, -0.2) is 20.4 Å². The molecule has 6 heteroatoms. The largest absolute Gasteiger partial charge is 0.345 e. The molecular formula is C22H22N2O3S. The number of benzene rings is 3. The van der Waals surface area contributed by atoms with Crippen molar-refractivity contribution in [2.75, 3.05) is 0 Å². The lowest BCUT2D eigenvalue weighted by molar-refractivity contribution is 0.0940. The first kappa shape index (κ1) is 18.7. The molecule has 3 aromatic rings. The van der Waals surface area contributed by atoms with Crippen molar-refractivity contribution >= 4 is 26.7 Å². The Labute approximate surface area is 164 Å². The molecule has 144 valence electrons. The molecule has 28 heavy (non-hydrogen) atoms. The molecule has 1 fully saturated rings. The second kappa shape index (κ2) is 7.37. The summed E-state index contributed by atoms with van der Waals surface area (Å²) in [6, 6.07) is 20.0. The van der Waals surface area contributed by atoms with Crippen LogP contribution in [0.1, 0.15) is 41.7 Å². The average molecular weight is 394 g/mol. The van der Waals surface area contributed by atoms with Gasteiger partial charge in [0.2, 0.25) is 10.0 Å². The summed E-state index contributed by atoms with van der Waals surface area (Å²) in [6.45, 7) is 1.94. The number of rotatable bonds is 6. The van der Waals surface area contributed by atoms with Crippen LogP contribution < -0.4 is 10.0 Å². The Morgan fingerprint density at radius 3 is 2.36 bits per heavy atom. The fourth-order valence-corrected chi connectivity index (χ4v) is 4.56. The first-order chi connectivity index (χ1) is 13.4. The molecule has 0 aromatic heterocycles. The molecule has 0 heterocycles. The van der Waals surface area contributed by atoms with E-state index in [-0.39, 0.29) is 22.9 Å². The Morgan fingerprint density at radius 1 is 0.964 bits per heavy atom. The molecule has 5 nitrogen and oxygen atoms in total. The van der Waals surface area contributed by atoms with Gasteiger partial charge in [-0.2, -0.15) is 0 Å². The van der Waals surface area contributed by atoms with Crippen molar-refractivity contribution in [1.29, 1.82) is 0 Å². The minimum atomic E-state index is -3.51. The Bertz CT molecular complexity index is 1110. The smallest absolute Gasteiger partial charge is 0.251 e. The number of nitrogens with one attached hydrogen (secondary N) is 2. The Balaban J connectivity index is 1.50. The van der Waals surface area contributed by atoms with Crippen LogP contribution >= 0.6 is 0 Å². The van der Waals surface area contributed by atoms with Crippen molar-refractivity contribution in [3.63, 3.8) is 0 Å². The van der Waals surface area contributed by atoms with Crippen LogP contribution in [0.15, 0.2) is 71.6 Å². The third-order valence-corrected chi connectivity index (χ3v) is 6.50. The van der Waals surface area contributed by atoms with Gasteiger partial charge in [0.25, 0.3) is 5.91 Å². The first-order valence-electron chi connectivity index (χ1n) is 9.35. The molecule has 0 saturated heterocycles. The highest BCUT2D eigenvalue weighted by atomic mass is 32.2. The summed E-state index contributed by atoms with van der Waals surface area (Å²) < 4.78 is 27.1. The number of sulfonamides is 1. The van der Waals surface area contributed by atoms with Crippen LogP contribution in [0.3, 0.4) is 0 Å². The van der Waals surface area contributed by atoms with Crippen molar-refractivity contribution in [2.45, 2.75) is 36.7 Å². The van der Waals surface area contributed by atoms with E-state index in [0.29, 0.717) is 5.56 Å². The SMILES string of the molecule is CC(NC(=O)c1ccc(S(=O)(=O)NC2CC2)cc1)c1cccc2ccccc12. The number of hydrogen-bond acceptors (Lipinski definition) is 3. The zero-order valence-electron chi connectivity index (χ0n) is 15.6. The maximum Gasteiger partial charge on any atom is 0.251 e. The second-order valence-corrected chi connectivity index (χ2v) is 8.90. The van der Waals surface area contributed by atoms with Crippen LogP contribution in [0.2, 0.25) is 0 Å². The van der Waals surface area contributed by atoms with E-state index >= 15 is 0 Å². The van der Waals surface area contributed by atoms with Gasteiger partial charge in [0.15, 0.2) is 0 Å². The van der Waals surface area contributed by atoms with Crippen LogP contribution in [0, 0.1) is 0 Å². The van der Waals surface area contributed by atoms with Crippen LogP contribution in [0.5, 0.6) is 0 Å². The lowest BCUT2D eigenvalue weighted by Gasteiger charge is -2.17. The van der Waals surface area contributed by atoms with Crippen molar-refractivity contribution in [3.8, 4) is 0 Å².